The summed E-state index contributed by atoms with van der Waals surface area (Å²) >= 11 is 0. The van der Waals surface area contributed by atoms with Crippen molar-refractivity contribution in [1.82, 2.24) is 0 Å². The van der Waals surface area contributed by atoms with Crippen molar-refractivity contribution in [2.24, 2.45) is 11.7 Å². The maximum atomic E-state index is 6.37. The first-order valence-corrected chi connectivity index (χ1v) is 6.57. The van der Waals surface area contributed by atoms with Gasteiger partial charge >= 0.3 is 0 Å². The maximum absolute atomic E-state index is 6.37. The van der Waals surface area contributed by atoms with Crippen LogP contribution in [0.4, 0.5) is 0 Å². The molecular formula is C15H24ClNO. The van der Waals surface area contributed by atoms with E-state index >= 15 is 0 Å². The van der Waals surface area contributed by atoms with Crippen molar-refractivity contribution < 1.29 is 4.74 Å². The van der Waals surface area contributed by atoms with E-state index in [0.29, 0.717) is 11.8 Å². The van der Waals surface area contributed by atoms with Crippen molar-refractivity contribution in [3.8, 4) is 5.75 Å². The number of hydrogen-bond acceptors (Lipinski definition) is 2. The second kappa shape index (κ2) is 6.44. The fourth-order valence-corrected chi connectivity index (χ4v) is 2.43. The van der Waals surface area contributed by atoms with E-state index in [0.717, 1.165) is 5.75 Å². The Morgan fingerprint density at radius 1 is 1.28 bits per heavy atom. The summed E-state index contributed by atoms with van der Waals surface area (Å²) < 4.78 is 5.44. The lowest BCUT2D eigenvalue weighted by Gasteiger charge is -2.32. The standard InChI is InChI=1S/C15H23NO.ClH/c1-10(2)12-7-8-14(17-3)13(9-12)15(16)11-5-4-6-11;/h7-11,15H,4-6,16H2,1-3H3;1H/t15-;/m1./s1. The number of hydrogen-bond donors (Lipinski definition) is 1. The van der Waals surface area contributed by atoms with E-state index in [-0.39, 0.29) is 18.4 Å². The summed E-state index contributed by atoms with van der Waals surface area (Å²) in [4.78, 5) is 0. The predicted octanol–water partition coefficient (Wildman–Crippen LogP) is 4.04. The van der Waals surface area contributed by atoms with Gasteiger partial charge in [-0.25, -0.2) is 0 Å². The van der Waals surface area contributed by atoms with E-state index in [1.165, 1.54) is 30.4 Å². The molecule has 1 aromatic carbocycles. The summed E-state index contributed by atoms with van der Waals surface area (Å²) in [5.74, 6) is 2.12. The molecule has 0 heterocycles. The first-order valence-electron chi connectivity index (χ1n) is 6.57. The van der Waals surface area contributed by atoms with Crippen molar-refractivity contribution in [2.45, 2.75) is 45.1 Å². The Balaban J connectivity index is 0.00000162. The summed E-state index contributed by atoms with van der Waals surface area (Å²) in [6.07, 6.45) is 3.84. The zero-order chi connectivity index (χ0) is 12.4. The molecule has 2 N–H and O–H groups in total. The number of methoxy groups -OCH3 is 1. The topological polar surface area (TPSA) is 35.2 Å². The number of rotatable bonds is 4. The first-order chi connectivity index (χ1) is 8.13. The summed E-state index contributed by atoms with van der Waals surface area (Å²) in [6, 6.07) is 6.56. The van der Waals surface area contributed by atoms with Gasteiger partial charge in [0.2, 0.25) is 0 Å². The fraction of sp³-hybridized carbons (Fsp3) is 0.600. The van der Waals surface area contributed by atoms with Gasteiger partial charge in [-0.1, -0.05) is 32.4 Å². The van der Waals surface area contributed by atoms with Crippen LogP contribution in [0.15, 0.2) is 18.2 Å². The summed E-state index contributed by atoms with van der Waals surface area (Å²) in [5.41, 5.74) is 8.89. The Hall–Kier alpha value is -0.730. The highest BCUT2D eigenvalue weighted by Gasteiger charge is 2.27. The first kappa shape index (κ1) is 15.3. The molecule has 0 spiro atoms. The minimum absolute atomic E-state index is 0. The summed E-state index contributed by atoms with van der Waals surface area (Å²) in [6.45, 7) is 4.42. The van der Waals surface area contributed by atoms with Crippen LogP contribution in [0.5, 0.6) is 5.75 Å². The van der Waals surface area contributed by atoms with Crippen molar-refractivity contribution >= 4 is 12.4 Å². The van der Waals surface area contributed by atoms with Crippen molar-refractivity contribution in [2.75, 3.05) is 7.11 Å². The Bertz CT molecular complexity index is 388. The van der Waals surface area contributed by atoms with Gasteiger partial charge in [0.05, 0.1) is 7.11 Å². The third-order valence-electron chi connectivity index (χ3n) is 3.94. The van der Waals surface area contributed by atoms with E-state index in [4.69, 9.17) is 10.5 Å². The minimum atomic E-state index is 0. The highest BCUT2D eigenvalue weighted by molar-refractivity contribution is 5.85. The minimum Gasteiger partial charge on any atom is -0.496 e. The van der Waals surface area contributed by atoms with Crippen LogP contribution in [-0.2, 0) is 0 Å². The molecule has 0 radical (unpaired) electrons. The molecule has 2 rings (SSSR count). The third kappa shape index (κ3) is 2.99. The molecule has 3 heteroatoms. The van der Waals surface area contributed by atoms with Crippen LogP contribution >= 0.6 is 12.4 Å². The average Bonchev–Trinajstić information content (AvgIpc) is 2.25. The van der Waals surface area contributed by atoms with Gasteiger partial charge in [-0.2, -0.15) is 0 Å². The molecule has 2 nitrogen and oxygen atoms in total. The molecular weight excluding hydrogens is 246 g/mol. The van der Waals surface area contributed by atoms with Gasteiger partial charge in [0.15, 0.2) is 0 Å². The second-order valence-electron chi connectivity index (χ2n) is 5.37. The van der Waals surface area contributed by atoms with Crippen LogP contribution < -0.4 is 10.5 Å². The Morgan fingerprint density at radius 3 is 2.39 bits per heavy atom. The van der Waals surface area contributed by atoms with Crippen LogP contribution in [-0.4, -0.2) is 7.11 Å². The molecule has 0 aromatic heterocycles. The van der Waals surface area contributed by atoms with Crippen LogP contribution in [0, 0.1) is 5.92 Å². The van der Waals surface area contributed by atoms with Crippen LogP contribution in [0.2, 0.25) is 0 Å². The van der Waals surface area contributed by atoms with Gasteiger partial charge in [0, 0.05) is 11.6 Å². The van der Waals surface area contributed by atoms with Gasteiger partial charge < -0.3 is 10.5 Å². The molecule has 0 bridgehead atoms. The molecule has 1 saturated carbocycles. The molecule has 1 atom stereocenters. The SMILES string of the molecule is COc1ccc(C(C)C)cc1[C@H](N)C1CCC1.Cl. The van der Waals surface area contributed by atoms with Crippen molar-refractivity contribution in [3.63, 3.8) is 0 Å². The molecule has 1 aliphatic rings. The van der Waals surface area contributed by atoms with Crippen LogP contribution in [0.1, 0.15) is 56.2 Å². The van der Waals surface area contributed by atoms with Gasteiger partial charge in [-0.05, 0) is 36.3 Å². The Labute approximate surface area is 116 Å². The number of benzene rings is 1. The molecule has 102 valence electrons. The number of nitrogens with two attached hydrogens (primary N) is 1. The number of halogens is 1. The van der Waals surface area contributed by atoms with Gasteiger partial charge in [0.25, 0.3) is 0 Å². The summed E-state index contributed by atoms with van der Waals surface area (Å²) in [7, 11) is 1.72. The predicted molar refractivity (Wildman–Crippen MR) is 78.6 cm³/mol. The van der Waals surface area contributed by atoms with E-state index < -0.39 is 0 Å². The normalized spacial score (nSPS) is 16.9. The van der Waals surface area contributed by atoms with E-state index in [1.54, 1.807) is 7.11 Å². The van der Waals surface area contributed by atoms with Gasteiger partial charge in [-0.15, -0.1) is 12.4 Å². The fourth-order valence-electron chi connectivity index (χ4n) is 2.43. The quantitative estimate of drug-likeness (QED) is 0.895. The molecule has 1 aromatic rings. The highest BCUT2D eigenvalue weighted by atomic mass is 35.5. The lowest BCUT2D eigenvalue weighted by atomic mass is 9.77. The monoisotopic (exact) mass is 269 g/mol. The van der Waals surface area contributed by atoms with Crippen LogP contribution in [0.3, 0.4) is 0 Å². The molecule has 0 amide bonds. The lowest BCUT2D eigenvalue weighted by Crippen LogP contribution is -2.27. The molecule has 0 aliphatic heterocycles. The zero-order valence-electron chi connectivity index (χ0n) is 11.5. The van der Waals surface area contributed by atoms with Crippen molar-refractivity contribution in [3.05, 3.63) is 29.3 Å². The zero-order valence-corrected chi connectivity index (χ0v) is 12.3. The van der Waals surface area contributed by atoms with Crippen LogP contribution in [0.25, 0.3) is 0 Å². The highest BCUT2D eigenvalue weighted by Crippen LogP contribution is 2.39. The van der Waals surface area contributed by atoms with E-state index in [2.05, 4.69) is 32.0 Å². The second-order valence-corrected chi connectivity index (χ2v) is 5.37. The molecule has 1 fully saturated rings. The number of ether oxygens (including phenoxy) is 1. The maximum Gasteiger partial charge on any atom is 0.123 e. The van der Waals surface area contributed by atoms with E-state index in [1.807, 2.05) is 0 Å². The molecule has 18 heavy (non-hydrogen) atoms. The smallest absolute Gasteiger partial charge is 0.123 e. The average molecular weight is 270 g/mol. The van der Waals surface area contributed by atoms with E-state index in [9.17, 15) is 0 Å². The Kier molecular flexibility index (Phi) is 5.48. The largest absolute Gasteiger partial charge is 0.496 e. The lowest BCUT2D eigenvalue weighted by molar-refractivity contribution is 0.259. The molecule has 0 unspecified atom stereocenters. The Morgan fingerprint density at radius 2 is 1.94 bits per heavy atom. The van der Waals surface area contributed by atoms with Gasteiger partial charge in [-0.3, -0.25) is 0 Å². The molecule has 1 aliphatic carbocycles. The van der Waals surface area contributed by atoms with Gasteiger partial charge in [0.1, 0.15) is 5.75 Å². The summed E-state index contributed by atoms with van der Waals surface area (Å²) in [5, 5.41) is 0. The third-order valence-corrected chi connectivity index (χ3v) is 3.94. The van der Waals surface area contributed by atoms with Crippen molar-refractivity contribution in [1.29, 1.82) is 0 Å². The molecule has 0 saturated heterocycles.